The summed E-state index contributed by atoms with van der Waals surface area (Å²) >= 11 is 6.27. The number of amides is 2. The van der Waals surface area contributed by atoms with Crippen molar-refractivity contribution >= 4 is 51.9 Å². The van der Waals surface area contributed by atoms with Crippen LogP contribution in [-0.2, 0) is 16.0 Å². The smallest absolute Gasteiger partial charge is 0.285 e. The van der Waals surface area contributed by atoms with Gasteiger partial charge in [-0.05, 0) is 48.5 Å². The third kappa shape index (κ3) is 5.02. The fourth-order valence-corrected chi connectivity index (χ4v) is 4.37. The Morgan fingerprint density at radius 2 is 1.97 bits per heavy atom. The summed E-state index contributed by atoms with van der Waals surface area (Å²) in [6, 6.07) is 17.2. The maximum absolute atomic E-state index is 12.8. The third-order valence-electron chi connectivity index (χ3n) is 4.75. The molecule has 0 radical (unpaired) electrons. The van der Waals surface area contributed by atoms with E-state index in [1.54, 1.807) is 31.2 Å². The fraction of sp³-hybridized carbons (Fsp3) is 0.0870. The SMILES string of the molecule is Cc1ccc(-c2ccc(C=C3SC(=S)N(NC(=O)Cc4ccccc4)C3=O)o2)c([N+](=O)[O-])c1. The Labute approximate surface area is 198 Å². The largest absolute Gasteiger partial charge is 0.456 e. The Hall–Kier alpha value is -3.76. The molecule has 1 fully saturated rings. The maximum Gasteiger partial charge on any atom is 0.285 e. The summed E-state index contributed by atoms with van der Waals surface area (Å²) in [4.78, 5) is 36.3. The number of carbonyl (C=O) groups excluding carboxylic acids is 2. The van der Waals surface area contributed by atoms with Crippen LogP contribution in [-0.4, -0.2) is 26.1 Å². The zero-order chi connectivity index (χ0) is 23.5. The van der Waals surface area contributed by atoms with E-state index in [0.717, 1.165) is 27.9 Å². The average Bonchev–Trinajstić information content (AvgIpc) is 3.34. The highest BCUT2D eigenvalue weighted by molar-refractivity contribution is 8.26. The van der Waals surface area contributed by atoms with Crippen molar-refractivity contribution in [3.8, 4) is 11.3 Å². The normalized spacial score (nSPS) is 14.7. The molecule has 3 aromatic rings. The fourth-order valence-electron chi connectivity index (χ4n) is 3.22. The monoisotopic (exact) mass is 479 g/mol. The van der Waals surface area contributed by atoms with Crippen LogP contribution in [0, 0.1) is 17.0 Å². The van der Waals surface area contributed by atoms with E-state index in [0.29, 0.717) is 17.1 Å². The number of furan rings is 1. The van der Waals surface area contributed by atoms with Crippen LogP contribution in [0.2, 0.25) is 0 Å². The van der Waals surface area contributed by atoms with Crippen LogP contribution >= 0.6 is 24.0 Å². The molecule has 0 aliphatic carbocycles. The van der Waals surface area contributed by atoms with E-state index in [2.05, 4.69) is 5.43 Å². The standard InChI is InChI=1S/C23H17N3O5S2/c1-14-7-9-17(18(11-14)26(29)30)19-10-8-16(31-19)13-20-22(28)25(23(32)33-20)24-21(27)12-15-5-3-2-4-6-15/h2-11,13H,12H2,1H3,(H,24,27). The van der Waals surface area contributed by atoms with Crippen LogP contribution < -0.4 is 5.43 Å². The Bertz CT molecular complexity index is 1300. The lowest BCUT2D eigenvalue weighted by atomic mass is 10.1. The number of hydrogen-bond donors (Lipinski definition) is 1. The summed E-state index contributed by atoms with van der Waals surface area (Å²) in [5, 5.41) is 12.4. The second kappa shape index (κ2) is 9.39. The van der Waals surface area contributed by atoms with Crippen LogP contribution in [0.3, 0.4) is 0 Å². The van der Waals surface area contributed by atoms with Gasteiger partial charge in [0.05, 0.1) is 21.8 Å². The molecule has 0 saturated carbocycles. The molecule has 10 heteroatoms. The molecule has 0 atom stereocenters. The lowest BCUT2D eigenvalue weighted by Gasteiger charge is -2.15. The number of hydrogen-bond acceptors (Lipinski definition) is 7. The number of thiocarbonyl (C=S) groups is 1. The predicted octanol–water partition coefficient (Wildman–Crippen LogP) is 4.64. The Morgan fingerprint density at radius 1 is 1.21 bits per heavy atom. The first-order valence-electron chi connectivity index (χ1n) is 9.78. The highest BCUT2D eigenvalue weighted by atomic mass is 32.2. The number of aryl methyl sites for hydroxylation is 1. The van der Waals surface area contributed by atoms with Gasteiger partial charge in [-0.1, -0.05) is 48.2 Å². The molecule has 166 valence electrons. The molecule has 1 aliphatic rings. The van der Waals surface area contributed by atoms with E-state index in [-0.39, 0.29) is 27.2 Å². The molecule has 33 heavy (non-hydrogen) atoms. The summed E-state index contributed by atoms with van der Waals surface area (Å²) < 4.78 is 5.93. The summed E-state index contributed by atoms with van der Waals surface area (Å²) in [5.74, 6) is -0.216. The highest BCUT2D eigenvalue weighted by Gasteiger charge is 2.34. The number of nitrogens with one attached hydrogen (secondary N) is 1. The molecule has 2 aromatic carbocycles. The van der Waals surface area contributed by atoms with Gasteiger partial charge in [-0.25, -0.2) is 0 Å². The Kier molecular flexibility index (Phi) is 6.38. The molecular weight excluding hydrogens is 462 g/mol. The first-order chi connectivity index (χ1) is 15.8. The van der Waals surface area contributed by atoms with Crippen molar-refractivity contribution in [2.45, 2.75) is 13.3 Å². The zero-order valence-corrected chi connectivity index (χ0v) is 18.9. The second-order valence-corrected chi connectivity index (χ2v) is 8.87. The van der Waals surface area contributed by atoms with Crippen molar-refractivity contribution < 1.29 is 18.9 Å². The van der Waals surface area contributed by atoms with E-state index in [1.165, 1.54) is 12.1 Å². The van der Waals surface area contributed by atoms with Crippen molar-refractivity contribution in [2.24, 2.45) is 0 Å². The van der Waals surface area contributed by atoms with Crippen molar-refractivity contribution in [3.05, 3.63) is 92.6 Å². The number of carbonyl (C=O) groups is 2. The number of thioether (sulfide) groups is 1. The summed E-state index contributed by atoms with van der Waals surface area (Å²) in [7, 11) is 0. The minimum Gasteiger partial charge on any atom is -0.456 e. The Morgan fingerprint density at radius 3 is 2.70 bits per heavy atom. The summed E-state index contributed by atoms with van der Waals surface area (Å²) in [5.41, 5.74) is 4.38. The molecule has 2 heterocycles. The lowest BCUT2D eigenvalue weighted by molar-refractivity contribution is -0.384. The lowest BCUT2D eigenvalue weighted by Crippen LogP contribution is -2.45. The Balaban J connectivity index is 1.50. The molecule has 4 rings (SSSR count). The van der Waals surface area contributed by atoms with Crippen molar-refractivity contribution in [1.82, 2.24) is 10.4 Å². The van der Waals surface area contributed by atoms with Gasteiger partial charge in [0.25, 0.3) is 11.6 Å². The molecule has 1 aliphatic heterocycles. The first-order valence-corrected chi connectivity index (χ1v) is 11.0. The van der Waals surface area contributed by atoms with Gasteiger partial charge in [-0.15, -0.1) is 0 Å². The molecule has 2 amide bonds. The third-order valence-corrected chi connectivity index (χ3v) is 6.06. The number of nitro groups is 1. The number of rotatable bonds is 6. The van der Waals surface area contributed by atoms with Crippen LogP contribution in [0.5, 0.6) is 0 Å². The predicted molar refractivity (Wildman–Crippen MR) is 129 cm³/mol. The van der Waals surface area contributed by atoms with Gasteiger partial charge in [0.2, 0.25) is 5.91 Å². The first kappa shape index (κ1) is 22.4. The summed E-state index contributed by atoms with van der Waals surface area (Å²) in [6.07, 6.45) is 1.60. The highest BCUT2D eigenvalue weighted by Crippen LogP contribution is 2.35. The average molecular weight is 480 g/mol. The van der Waals surface area contributed by atoms with Gasteiger partial charge in [-0.2, -0.15) is 5.01 Å². The molecule has 0 unspecified atom stereocenters. The van der Waals surface area contributed by atoms with Crippen LogP contribution in [0.15, 0.2) is 70.0 Å². The van der Waals surface area contributed by atoms with E-state index in [4.69, 9.17) is 16.6 Å². The summed E-state index contributed by atoms with van der Waals surface area (Å²) in [6.45, 7) is 1.77. The maximum atomic E-state index is 12.8. The molecule has 1 aromatic heterocycles. The van der Waals surface area contributed by atoms with Gasteiger partial charge in [-0.3, -0.25) is 25.1 Å². The number of hydrazine groups is 1. The van der Waals surface area contributed by atoms with Crippen LogP contribution in [0.25, 0.3) is 17.4 Å². The van der Waals surface area contributed by atoms with E-state index in [1.807, 2.05) is 30.3 Å². The number of benzene rings is 2. The van der Waals surface area contributed by atoms with Gasteiger partial charge >= 0.3 is 0 Å². The molecule has 1 N–H and O–H groups in total. The van der Waals surface area contributed by atoms with E-state index < -0.39 is 10.8 Å². The minimum atomic E-state index is -0.481. The second-order valence-electron chi connectivity index (χ2n) is 7.19. The van der Waals surface area contributed by atoms with E-state index >= 15 is 0 Å². The number of nitro benzene ring substituents is 1. The van der Waals surface area contributed by atoms with Gasteiger partial charge < -0.3 is 4.42 Å². The molecule has 8 nitrogen and oxygen atoms in total. The minimum absolute atomic E-state index is 0.0663. The van der Waals surface area contributed by atoms with Crippen LogP contribution in [0.4, 0.5) is 5.69 Å². The van der Waals surface area contributed by atoms with Crippen molar-refractivity contribution in [3.63, 3.8) is 0 Å². The zero-order valence-electron chi connectivity index (χ0n) is 17.3. The quantitative estimate of drug-likeness (QED) is 0.238. The molecule has 0 spiro atoms. The van der Waals surface area contributed by atoms with Crippen molar-refractivity contribution in [1.29, 1.82) is 0 Å². The molecule has 1 saturated heterocycles. The number of nitrogens with zero attached hydrogens (tertiary/aromatic N) is 2. The molecular formula is C23H17N3O5S2. The van der Waals surface area contributed by atoms with Gasteiger partial charge in [0.1, 0.15) is 11.5 Å². The molecule has 0 bridgehead atoms. The van der Waals surface area contributed by atoms with E-state index in [9.17, 15) is 19.7 Å². The van der Waals surface area contributed by atoms with Gasteiger partial charge in [0.15, 0.2) is 4.32 Å². The topological polar surface area (TPSA) is 106 Å². The van der Waals surface area contributed by atoms with Crippen LogP contribution in [0.1, 0.15) is 16.9 Å². The van der Waals surface area contributed by atoms with Crippen molar-refractivity contribution in [2.75, 3.05) is 0 Å². The van der Waals surface area contributed by atoms with Gasteiger partial charge in [0, 0.05) is 12.1 Å².